The van der Waals surface area contributed by atoms with Crippen LogP contribution < -0.4 is 5.32 Å². The molecule has 0 saturated heterocycles. The number of hydrogen-bond donors (Lipinski definition) is 1. The Hall–Kier alpha value is -0.180. The van der Waals surface area contributed by atoms with Crippen LogP contribution in [0.15, 0.2) is 0 Å². The second-order valence-electron chi connectivity index (χ2n) is 3.93. The molecule has 1 N–H and O–H groups in total. The van der Waals surface area contributed by atoms with Gasteiger partial charge in [-0.05, 0) is 12.8 Å². The van der Waals surface area contributed by atoms with Gasteiger partial charge in [0.1, 0.15) is 0 Å². The minimum absolute atomic E-state index is 0.0628. The lowest BCUT2D eigenvalue weighted by Crippen LogP contribution is -2.39. The molecule has 1 aliphatic rings. The molecule has 78 valence electrons. The predicted octanol–water partition coefficient (Wildman–Crippen LogP) is 2.95. The molecule has 0 radical (unpaired) electrons. The number of hydrogen-bond acceptors (Lipinski definition) is 1. The Kier molecular flexibility index (Phi) is 4.10. The van der Waals surface area contributed by atoms with E-state index in [1.54, 1.807) is 0 Å². The van der Waals surface area contributed by atoms with Gasteiger partial charge in [0.15, 0.2) is 0 Å². The average molecular weight is 191 g/mol. The quantitative estimate of drug-likeness (QED) is 0.720. The molecule has 1 nitrogen and oxygen atoms in total. The van der Waals surface area contributed by atoms with E-state index in [1.807, 2.05) is 0 Å². The fourth-order valence-electron chi connectivity index (χ4n) is 1.73. The Labute approximate surface area is 78.9 Å². The maximum atomic E-state index is 12.8. The summed E-state index contributed by atoms with van der Waals surface area (Å²) in [5.74, 6) is -2.52. The Morgan fingerprint density at radius 2 is 1.85 bits per heavy atom. The van der Waals surface area contributed by atoms with Gasteiger partial charge >= 0.3 is 0 Å². The Bertz CT molecular complexity index is 142. The molecular formula is C10H19F2N. The van der Waals surface area contributed by atoms with Crippen LogP contribution in [0.4, 0.5) is 8.78 Å². The van der Waals surface area contributed by atoms with Gasteiger partial charge in [0.2, 0.25) is 0 Å². The van der Waals surface area contributed by atoms with Crippen LogP contribution in [0, 0.1) is 0 Å². The second-order valence-corrected chi connectivity index (χ2v) is 3.93. The van der Waals surface area contributed by atoms with E-state index in [2.05, 4.69) is 5.32 Å². The monoisotopic (exact) mass is 191 g/mol. The highest BCUT2D eigenvalue weighted by molar-refractivity contribution is 4.75. The summed E-state index contributed by atoms with van der Waals surface area (Å²) in [4.78, 5) is 0. The van der Waals surface area contributed by atoms with Crippen molar-refractivity contribution in [1.29, 1.82) is 0 Å². The smallest absolute Gasteiger partial charge is 0.260 e. The number of alkyl halides is 2. The van der Waals surface area contributed by atoms with Crippen LogP contribution in [-0.2, 0) is 0 Å². The van der Waals surface area contributed by atoms with E-state index in [1.165, 1.54) is 26.2 Å². The first-order valence-corrected chi connectivity index (χ1v) is 5.25. The topological polar surface area (TPSA) is 12.0 Å². The predicted molar refractivity (Wildman–Crippen MR) is 50.1 cm³/mol. The van der Waals surface area contributed by atoms with Gasteiger partial charge in [-0.3, -0.25) is 0 Å². The third-order valence-electron chi connectivity index (χ3n) is 2.77. The molecule has 0 aromatic carbocycles. The van der Waals surface area contributed by atoms with Crippen LogP contribution in [0.1, 0.15) is 45.4 Å². The van der Waals surface area contributed by atoms with Crippen molar-refractivity contribution in [3.63, 3.8) is 0 Å². The molecule has 3 heteroatoms. The van der Waals surface area contributed by atoms with Crippen molar-refractivity contribution >= 4 is 0 Å². The molecule has 1 fully saturated rings. The molecule has 13 heavy (non-hydrogen) atoms. The normalized spacial score (nSPS) is 20.5. The van der Waals surface area contributed by atoms with Gasteiger partial charge in [-0.1, -0.05) is 26.2 Å². The number of halogens is 2. The largest absolute Gasteiger partial charge is 0.308 e. The van der Waals surface area contributed by atoms with Crippen LogP contribution in [-0.4, -0.2) is 18.5 Å². The van der Waals surface area contributed by atoms with Crippen LogP contribution in [0.25, 0.3) is 0 Å². The summed E-state index contributed by atoms with van der Waals surface area (Å²) in [7, 11) is 0. The first-order valence-electron chi connectivity index (χ1n) is 5.25. The molecule has 0 aliphatic heterocycles. The maximum absolute atomic E-state index is 12.8. The SMILES string of the molecule is CCC(F)(F)CNC1CCCCC1. The van der Waals surface area contributed by atoms with Crippen LogP contribution in [0.3, 0.4) is 0 Å². The van der Waals surface area contributed by atoms with Gasteiger partial charge in [0.05, 0.1) is 6.54 Å². The van der Waals surface area contributed by atoms with Crippen LogP contribution >= 0.6 is 0 Å². The van der Waals surface area contributed by atoms with Crippen LogP contribution in [0.2, 0.25) is 0 Å². The molecule has 0 aromatic rings. The van der Waals surface area contributed by atoms with Crippen LogP contribution in [0.5, 0.6) is 0 Å². The fourth-order valence-corrected chi connectivity index (χ4v) is 1.73. The summed E-state index contributed by atoms with van der Waals surface area (Å²) in [6.45, 7) is 1.39. The van der Waals surface area contributed by atoms with Crippen molar-refractivity contribution in [2.24, 2.45) is 0 Å². The van der Waals surface area contributed by atoms with Gasteiger partial charge in [0, 0.05) is 12.5 Å². The van der Waals surface area contributed by atoms with Gasteiger partial charge in [-0.2, -0.15) is 0 Å². The van der Waals surface area contributed by atoms with E-state index < -0.39 is 5.92 Å². The molecule has 1 aliphatic carbocycles. The molecule has 0 spiro atoms. The zero-order valence-corrected chi connectivity index (χ0v) is 8.28. The fraction of sp³-hybridized carbons (Fsp3) is 1.00. The standard InChI is InChI=1S/C10H19F2N/c1-2-10(11,12)8-13-9-6-4-3-5-7-9/h9,13H,2-8H2,1H3. The maximum Gasteiger partial charge on any atom is 0.260 e. The summed E-state index contributed by atoms with van der Waals surface area (Å²) < 4.78 is 25.7. The van der Waals surface area contributed by atoms with Crippen molar-refractivity contribution in [2.75, 3.05) is 6.54 Å². The summed E-state index contributed by atoms with van der Waals surface area (Å²) in [5, 5.41) is 2.96. The highest BCUT2D eigenvalue weighted by Crippen LogP contribution is 2.20. The lowest BCUT2D eigenvalue weighted by molar-refractivity contribution is -0.00508. The van der Waals surface area contributed by atoms with Crippen molar-refractivity contribution in [3.8, 4) is 0 Å². The van der Waals surface area contributed by atoms with Gasteiger partial charge in [0.25, 0.3) is 5.92 Å². The highest BCUT2D eigenvalue weighted by atomic mass is 19.3. The zero-order valence-electron chi connectivity index (χ0n) is 8.28. The van der Waals surface area contributed by atoms with Crippen molar-refractivity contribution < 1.29 is 8.78 Å². The van der Waals surface area contributed by atoms with E-state index in [0.717, 1.165) is 12.8 Å². The van der Waals surface area contributed by atoms with Gasteiger partial charge in [-0.25, -0.2) is 8.78 Å². The molecule has 0 heterocycles. The summed E-state index contributed by atoms with van der Waals surface area (Å²) >= 11 is 0. The van der Waals surface area contributed by atoms with Gasteiger partial charge < -0.3 is 5.32 Å². The highest BCUT2D eigenvalue weighted by Gasteiger charge is 2.27. The van der Waals surface area contributed by atoms with E-state index >= 15 is 0 Å². The van der Waals surface area contributed by atoms with E-state index in [0.29, 0.717) is 6.04 Å². The van der Waals surface area contributed by atoms with E-state index in [4.69, 9.17) is 0 Å². The lowest BCUT2D eigenvalue weighted by atomic mass is 9.95. The minimum Gasteiger partial charge on any atom is -0.308 e. The Morgan fingerprint density at radius 3 is 2.38 bits per heavy atom. The molecule has 0 aromatic heterocycles. The van der Waals surface area contributed by atoms with E-state index in [-0.39, 0.29) is 13.0 Å². The van der Waals surface area contributed by atoms with Gasteiger partial charge in [-0.15, -0.1) is 0 Å². The molecule has 0 amide bonds. The van der Waals surface area contributed by atoms with Crippen molar-refractivity contribution in [1.82, 2.24) is 5.32 Å². The first kappa shape index (κ1) is 10.9. The second kappa shape index (κ2) is 4.89. The lowest BCUT2D eigenvalue weighted by Gasteiger charge is -2.25. The number of nitrogens with one attached hydrogen (secondary N) is 1. The van der Waals surface area contributed by atoms with E-state index in [9.17, 15) is 8.78 Å². The first-order chi connectivity index (χ1) is 6.14. The zero-order chi connectivity index (χ0) is 9.73. The minimum atomic E-state index is -2.52. The molecule has 1 saturated carbocycles. The summed E-state index contributed by atoms with van der Waals surface area (Å²) in [5.41, 5.74) is 0. The Morgan fingerprint density at radius 1 is 1.23 bits per heavy atom. The summed E-state index contributed by atoms with van der Waals surface area (Å²) in [6.07, 6.45) is 5.72. The molecule has 1 rings (SSSR count). The average Bonchev–Trinajstić information content (AvgIpc) is 2.17. The molecule has 0 unspecified atom stereocenters. The number of rotatable bonds is 4. The molecule has 0 bridgehead atoms. The third kappa shape index (κ3) is 4.03. The van der Waals surface area contributed by atoms with Crippen molar-refractivity contribution in [2.45, 2.75) is 57.4 Å². The summed E-state index contributed by atoms with van der Waals surface area (Å²) in [6, 6.07) is 0.339. The Balaban J connectivity index is 2.17. The molecule has 0 atom stereocenters. The third-order valence-corrected chi connectivity index (χ3v) is 2.77. The molecular weight excluding hydrogens is 172 g/mol. The van der Waals surface area contributed by atoms with Crippen molar-refractivity contribution in [3.05, 3.63) is 0 Å².